The molecule has 1 atom stereocenters. The number of carbonyl (C=O) groups is 1. The molecule has 0 saturated carbocycles. The maximum absolute atomic E-state index is 13.3. The van der Waals surface area contributed by atoms with Crippen LogP contribution in [0, 0.1) is 0 Å². The Kier molecular flexibility index (Phi) is 5.73. The Bertz CT molecular complexity index is 817. The van der Waals surface area contributed by atoms with Crippen molar-refractivity contribution in [1.82, 2.24) is 24.6 Å². The van der Waals surface area contributed by atoms with Crippen LogP contribution in [0.25, 0.3) is 0 Å². The van der Waals surface area contributed by atoms with Crippen molar-refractivity contribution in [2.75, 3.05) is 26.7 Å². The zero-order chi connectivity index (χ0) is 19.5. The zero-order valence-electron chi connectivity index (χ0n) is 16.8. The van der Waals surface area contributed by atoms with E-state index in [1.807, 2.05) is 36.1 Å². The number of piperidine rings is 1. The summed E-state index contributed by atoms with van der Waals surface area (Å²) in [6.45, 7) is 6.71. The number of carbonyl (C=O) groups excluding carboxylic acids is 1. The van der Waals surface area contributed by atoms with Gasteiger partial charge >= 0.3 is 0 Å². The Hall–Kier alpha value is -2.25. The van der Waals surface area contributed by atoms with Gasteiger partial charge in [-0.25, -0.2) is 0 Å². The molecule has 1 aromatic carbocycles. The first-order valence-corrected chi connectivity index (χ1v) is 10.3. The molecule has 3 heterocycles. The van der Waals surface area contributed by atoms with Crippen LogP contribution in [0.4, 0.5) is 0 Å². The second kappa shape index (κ2) is 8.41. The average molecular weight is 383 g/mol. The van der Waals surface area contributed by atoms with Crippen LogP contribution >= 0.6 is 0 Å². The maximum atomic E-state index is 13.3. The third kappa shape index (κ3) is 3.82. The summed E-state index contributed by atoms with van der Waals surface area (Å²) >= 11 is 0. The van der Waals surface area contributed by atoms with Crippen LogP contribution < -0.4 is 0 Å². The number of benzene rings is 1. The summed E-state index contributed by atoms with van der Waals surface area (Å²) in [5.41, 5.74) is 1.81. The quantitative estimate of drug-likeness (QED) is 0.794. The van der Waals surface area contributed by atoms with Crippen molar-refractivity contribution in [2.24, 2.45) is 0 Å². The number of hydrogen-bond acceptors (Lipinski definition) is 5. The van der Waals surface area contributed by atoms with Gasteiger partial charge in [0, 0.05) is 31.8 Å². The van der Waals surface area contributed by atoms with E-state index in [0.29, 0.717) is 13.2 Å². The maximum Gasteiger partial charge on any atom is 0.254 e. The van der Waals surface area contributed by atoms with E-state index in [9.17, 15) is 4.79 Å². The molecule has 0 aliphatic carbocycles. The van der Waals surface area contributed by atoms with Crippen molar-refractivity contribution < 1.29 is 9.53 Å². The minimum atomic E-state index is 0.00834. The van der Waals surface area contributed by atoms with Crippen molar-refractivity contribution in [3.63, 3.8) is 0 Å². The Morgan fingerprint density at radius 2 is 1.96 bits per heavy atom. The molecule has 1 saturated heterocycles. The van der Waals surface area contributed by atoms with Gasteiger partial charge in [0.1, 0.15) is 5.82 Å². The fraction of sp³-hybridized carbons (Fsp3) is 0.571. The molecule has 0 spiro atoms. The molecule has 2 aliphatic rings. The van der Waals surface area contributed by atoms with Gasteiger partial charge in [-0.15, -0.1) is 10.2 Å². The van der Waals surface area contributed by atoms with Crippen LogP contribution in [0.2, 0.25) is 0 Å². The predicted molar refractivity (Wildman–Crippen MR) is 106 cm³/mol. The SMILES string of the molecule is CCOCc1ccc(C(=O)N2CCCC[C@H]2c2nnc3n2CCN(C)C3)cc1. The van der Waals surface area contributed by atoms with Crippen LogP contribution in [-0.4, -0.2) is 57.2 Å². The summed E-state index contributed by atoms with van der Waals surface area (Å²) in [5.74, 6) is 2.03. The lowest BCUT2D eigenvalue weighted by Crippen LogP contribution is -2.40. The highest BCUT2D eigenvalue weighted by Gasteiger charge is 2.33. The van der Waals surface area contributed by atoms with Crippen LogP contribution in [0.15, 0.2) is 24.3 Å². The molecule has 7 heteroatoms. The lowest BCUT2D eigenvalue weighted by molar-refractivity contribution is 0.0591. The molecule has 0 N–H and O–H groups in total. The van der Waals surface area contributed by atoms with Gasteiger partial charge in [0.25, 0.3) is 5.91 Å². The smallest absolute Gasteiger partial charge is 0.254 e. The van der Waals surface area contributed by atoms with E-state index in [-0.39, 0.29) is 11.9 Å². The molecule has 150 valence electrons. The van der Waals surface area contributed by atoms with Gasteiger partial charge in [-0.1, -0.05) is 12.1 Å². The van der Waals surface area contributed by atoms with E-state index in [2.05, 4.69) is 26.7 Å². The number of aromatic nitrogens is 3. The third-order valence-corrected chi connectivity index (χ3v) is 5.71. The summed E-state index contributed by atoms with van der Waals surface area (Å²) in [6.07, 6.45) is 3.10. The van der Waals surface area contributed by atoms with Gasteiger partial charge in [-0.05, 0) is 50.9 Å². The molecule has 4 rings (SSSR count). The Morgan fingerprint density at radius 1 is 1.14 bits per heavy atom. The van der Waals surface area contributed by atoms with Crippen LogP contribution in [0.1, 0.15) is 59.8 Å². The average Bonchev–Trinajstić information content (AvgIpc) is 3.15. The molecule has 2 aliphatic heterocycles. The first kappa shape index (κ1) is 19.1. The van der Waals surface area contributed by atoms with E-state index in [1.54, 1.807) is 0 Å². The van der Waals surface area contributed by atoms with Gasteiger partial charge in [0.05, 0.1) is 19.2 Å². The summed E-state index contributed by atoms with van der Waals surface area (Å²) in [6, 6.07) is 7.80. The number of nitrogens with zero attached hydrogens (tertiary/aromatic N) is 5. The van der Waals surface area contributed by atoms with Gasteiger partial charge in [0.2, 0.25) is 0 Å². The van der Waals surface area contributed by atoms with Crippen LogP contribution in [0.3, 0.4) is 0 Å². The number of rotatable bonds is 5. The first-order chi connectivity index (χ1) is 13.7. The van der Waals surface area contributed by atoms with Gasteiger partial charge in [0.15, 0.2) is 5.82 Å². The highest BCUT2D eigenvalue weighted by atomic mass is 16.5. The van der Waals surface area contributed by atoms with E-state index in [4.69, 9.17) is 4.74 Å². The molecule has 0 bridgehead atoms. The highest BCUT2D eigenvalue weighted by Crippen LogP contribution is 2.32. The normalized spacial score (nSPS) is 20.2. The van der Waals surface area contributed by atoms with Crippen molar-refractivity contribution >= 4 is 5.91 Å². The predicted octanol–water partition coefficient (Wildman–Crippen LogP) is 2.63. The fourth-order valence-electron chi connectivity index (χ4n) is 4.12. The van der Waals surface area contributed by atoms with E-state index in [1.165, 1.54) is 0 Å². The molecular formula is C21H29N5O2. The van der Waals surface area contributed by atoms with Gasteiger partial charge in [-0.3, -0.25) is 9.69 Å². The highest BCUT2D eigenvalue weighted by molar-refractivity contribution is 5.94. The lowest BCUT2D eigenvalue weighted by Gasteiger charge is -2.36. The minimum Gasteiger partial charge on any atom is -0.377 e. The summed E-state index contributed by atoms with van der Waals surface area (Å²) in [5, 5.41) is 8.91. The van der Waals surface area contributed by atoms with E-state index < -0.39 is 0 Å². The van der Waals surface area contributed by atoms with Crippen molar-refractivity contribution in [2.45, 2.75) is 51.9 Å². The number of likely N-dealkylation sites (N-methyl/N-ethyl adjacent to an activating group) is 1. The lowest BCUT2D eigenvalue weighted by atomic mass is 9.99. The first-order valence-electron chi connectivity index (χ1n) is 10.3. The number of amides is 1. The van der Waals surface area contributed by atoms with E-state index >= 15 is 0 Å². The molecule has 1 amide bonds. The molecule has 1 fully saturated rings. The Labute approximate surface area is 166 Å². The standard InChI is InChI=1S/C21H29N5O2/c1-3-28-15-16-7-9-17(10-8-16)21(27)25-11-5-4-6-18(25)20-23-22-19-14-24(2)12-13-26(19)20/h7-10,18H,3-6,11-15H2,1-2H3/t18-/m0/s1. The second-order valence-corrected chi connectivity index (χ2v) is 7.71. The van der Waals surface area contributed by atoms with Gasteiger partial charge < -0.3 is 14.2 Å². The molecular weight excluding hydrogens is 354 g/mol. The summed E-state index contributed by atoms with van der Waals surface area (Å²) in [4.78, 5) is 17.5. The van der Waals surface area contributed by atoms with Crippen LogP contribution in [-0.2, 0) is 24.4 Å². The van der Waals surface area contributed by atoms with Crippen molar-refractivity contribution in [1.29, 1.82) is 0 Å². The number of fused-ring (bicyclic) bond motifs is 1. The minimum absolute atomic E-state index is 0.00834. The Morgan fingerprint density at radius 3 is 2.75 bits per heavy atom. The largest absolute Gasteiger partial charge is 0.377 e. The van der Waals surface area contributed by atoms with Crippen LogP contribution in [0.5, 0.6) is 0 Å². The molecule has 0 radical (unpaired) electrons. The molecule has 0 unspecified atom stereocenters. The molecule has 28 heavy (non-hydrogen) atoms. The zero-order valence-corrected chi connectivity index (χ0v) is 16.8. The number of ether oxygens (including phenoxy) is 1. The van der Waals surface area contributed by atoms with E-state index in [0.717, 1.165) is 68.2 Å². The molecule has 1 aromatic heterocycles. The molecule has 2 aromatic rings. The van der Waals surface area contributed by atoms with Crippen molar-refractivity contribution in [3.8, 4) is 0 Å². The fourth-order valence-corrected chi connectivity index (χ4v) is 4.12. The Balaban J connectivity index is 1.55. The third-order valence-electron chi connectivity index (χ3n) is 5.71. The number of likely N-dealkylation sites (tertiary alicyclic amines) is 1. The molecule has 7 nitrogen and oxygen atoms in total. The summed E-state index contributed by atoms with van der Waals surface area (Å²) < 4.78 is 7.67. The topological polar surface area (TPSA) is 63.5 Å². The summed E-state index contributed by atoms with van der Waals surface area (Å²) in [7, 11) is 2.10. The monoisotopic (exact) mass is 383 g/mol. The van der Waals surface area contributed by atoms with Gasteiger partial charge in [-0.2, -0.15) is 0 Å². The number of hydrogen-bond donors (Lipinski definition) is 0. The van der Waals surface area contributed by atoms with Crippen molar-refractivity contribution in [3.05, 3.63) is 47.0 Å². The second-order valence-electron chi connectivity index (χ2n) is 7.71.